The Morgan fingerprint density at radius 3 is 2.94 bits per heavy atom. The number of hydrogen-bond donors (Lipinski definition) is 1. The molecular formula is C28H36N2O5. The Hall–Kier alpha value is -2.54. The average molecular weight is 481 g/mol. The van der Waals surface area contributed by atoms with E-state index in [9.17, 15) is 14.7 Å². The van der Waals surface area contributed by atoms with Crippen molar-refractivity contribution in [1.82, 2.24) is 9.80 Å². The number of likely N-dealkylation sites (tertiary alicyclic amines) is 1. The Morgan fingerprint density at radius 1 is 1.23 bits per heavy atom. The van der Waals surface area contributed by atoms with Crippen LogP contribution in [-0.4, -0.2) is 70.5 Å². The minimum Gasteiger partial charge on any atom is -0.507 e. The molecule has 4 atom stereocenters. The van der Waals surface area contributed by atoms with E-state index in [4.69, 9.17) is 9.47 Å². The normalized spacial score (nSPS) is 31.4. The van der Waals surface area contributed by atoms with Crippen LogP contribution in [0, 0.1) is 11.8 Å². The molecule has 1 aromatic rings. The highest BCUT2D eigenvalue weighted by Gasteiger charge is 2.47. The Bertz CT molecular complexity index is 1080. The van der Waals surface area contributed by atoms with E-state index >= 15 is 0 Å². The fourth-order valence-corrected chi connectivity index (χ4v) is 7.31. The van der Waals surface area contributed by atoms with Crippen molar-refractivity contribution >= 4 is 11.7 Å². The number of ether oxygens (including phenoxy) is 2. The van der Waals surface area contributed by atoms with Crippen molar-refractivity contribution < 1.29 is 24.2 Å². The number of phenolic OH excluding ortho intramolecular Hbond substituents is 1. The van der Waals surface area contributed by atoms with Crippen LogP contribution in [0.2, 0.25) is 0 Å². The molecule has 2 bridgehead atoms. The molecule has 3 fully saturated rings. The number of ketones is 1. The topological polar surface area (TPSA) is 79.3 Å². The lowest BCUT2D eigenvalue weighted by molar-refractivity contribution is -0.138. The summed E-state index contributed by atoms with van der Waals surface area (Å²) in [7, 11) is 0. The van der Waals surface area contributed by atoms with E-state index in [0.717, 1.165) is 25.9 Å². The fraction of sp³-hybridized carbons (Fsp3) is 0.643. The van der Waals surface area contributed by atoms with Crippen molar-refractivity contribution in [3.8, 4) is 17.2 Å². The molecule has 0 unspecified atom stereocenters. The van der Waals surface area contributed by atoms with E-state index in [1.807, 2.05) is 18.7 Å². The van der Waals surface area contributed by atoms with Crippen molar-refractivity contribution in [2.45, 2.75) is 76.5 Å². The number of fused-ring (bicyclic) bond motifs is 7. The summed E-state index contributed by atoms with van der Waals surface area (Å²) in [5.41, 5.74) is 1.00. The first-order chi connectivity index (χ1) is 16.8. The highest BCUT2D eigenvalue weighted by molar-refractivity contribution is 6.03. The van der Waals surface area contributed by atoms with E-state index in [0.29, 0.717) is 29.4 Å². The fourth-order valence-electron chi connectivity index (χ4n) is 7.31. The number of aromatic hydroxyl groups is 1. The molecule has 35 heavy (non-hydrogen) atoms. The van der Waals surface area contributed by atoms with Gasteiger partial charge < -0.3 is 19.5 Å². The van der Waals surface area contributed by atoms with Crippen molar-refractivity contribution in [3.63, 3.8) is 0 Å². The zero-order valence-corrected chi connectivity index (χ0v) is 20.8. The van der Waals surface area contributed by atoms with E-state index in [2.05, 4.69) is 11.0 Å². The number of benzene rings is 1. The predicted molar refractivity (Wildman–Crippen MR) is 131 cm³/mol. The van der Waals surface area contributed by atoms with Gasteiger partial charge in [0, 0.05) is 31.3 Å². The van der Waals surface area contributed by atoms with E-state index in [1.54, 1.807) is 6.07 Å². The molecule has 1 N–H and O–H groups in total. The second-order valence-corrected chi connectivity index (χ2v) is 11.7. The number of carbonyl (C=O) groups excluding carboxylic acids is 2. The summed E-state index contributed by atoms with van der Waals surface area (Å²) in [5.74, 6) is 1.45. The van der Waals surface area contributed by atoms with Gasteiger partial charge in [-0.05, 0) is 64.3 Å². The molecule has 5 aliphatic rings. The van der Waals surface area contributed by atoms with Crippen LogP contribution in [0.4, 0.5) is 0 Å². The average Bonchev–Trinajstić information content (AvgIpc) is 2.81. The minimum atomic E-state index is -0.645. The summed E-state index contributed by atoms with van der Waals surface area (Å²) in [6, 6.07) is 3.90. The third kappa shape index (κ3) is 4.11. The molecule has 1 amide bonds. The lowest BCUT2D eigenvalue weighted by atomic mass is 9.68. The summed E-state index contributed by atoms with van der Waals surface area (Å²) in [5, 5.41) is 10.5. The first-order valence-electron chi connectivity index (χ1n) is 13.3. The summed E-state index contributed by atoms with van der Waals surface area (Å²) in [6.07, 6.45) is 9.92. The predicted octanol–water partition coefficient (Wildman–Crippen LogP) is 3.94. The van der Waals surface area contributed by atoms with Crippen molar-refractivity contribution in [1.29, 1.82) is 0 Å². The molecule has 4 aliphatic heterocycles. The molecule has 0 saturated carbocycles. The maximum atomic E-state index is 13.4. The molecule has 4 heterocycles. The first-order valence-corrected chi connectivity index (χ1v) is 13.3. The van der Waals surface area contributed by atoms with Crippen molar-refractivity contribution in [2.24, 2.45) is 11.8 Å². The van der Waals surface area contributed by atoms with E-state index in [-0.39, 0.29) is 42.1 Å². The number of Topliss-reactive ketones (excluding diaryl/α,β-unsaturated/α-hetero) is 1. The molecule has 0 radical (unpaired) electrons. The number of hydrogen-bond acceptors (Lipinski definition) is 6. The number of piperidine rings is 3. The van der Waals surface area contributed by atoms with Crippen LogP contribution in [0.1, 0.15) is 69.2 Å². The smallest absolute Gasteiger partial charge is 0.261 e. The number of amides is 1. The first kappa shape index (κ1) is 22.9. The number of rotatable bonds is 3. The quantitative estimate of drug-likeness (QED) is 0.661. The van der Waals surface area contributed by atoms with Crippen LogP contribution in [0.25, 0.3) is 0 Å². The Morgan fingerprint density at radius 2 is 2.09 bits per heavy atom. The van der Waals surface area contributed by atoms with Crippen LogP contribution in [-0.2, 0) is 4.79 Å². The zero-order valence-electron chi connectivity index (χ0n) is 20.8. The number of phenols is 1. The zero-order chi connectivity index (χ0) is 24.3. The molecule has 188 valence electrons. The molecule has 7 nitrogen and oxygen atoms in total. The Balaban J connectivity index is 1.18. The van der Waals surface area contributed by atoms with Gasteiger partial charge in [0.2, 0.25) is 0 Å². The number of nitrogens with zero attached hydrogens (tertiary/aromatic N) is 2. The Labute approximate surface area is 207 Å². The highest BCUT2D eigenvalue weighted by Crippen LogP contribution is 2.45. The second-order valence-electron chi connectivity index (χ2n) is 11.7. The van der Waals surface area contributed by atoms with Gasteiger partial charge in [-0.2, -0.15) is 0 Å². The minimum absolute atomic E-state index is 0.0191. The lowest BCUT2D eigenvalue weighted by Gasteiger charge is -2.54. The van der Waals surface area contributed by atoms with Crippen LogP contribution in [0.3, 0.4) is 0 Å². The molecule has 6 rings (SSSR count). The van der Waals surface area contributed by atoms with E-state index in [1.165, 1.54) is 43.9 Å². The van der Waals surface area contributed by atoms with Crippen molar-refractivity contribution in [3.05, 3.63) is 29.3 Å². The molecule has 3 saturated heterocycles. The van der Waals surface area contributed by atoms with Gasteiger partial charge in [-0.1, -0.05) is 18.1 Å². The van der Waals surface area contributed by atoms with Gasteiger partial charge in [0.05, 0.1) is 12.5 Å². The van der Waals surface area contributed by atoms with Gasteiger partial charge in [0.15, 0.2) is 12.4 Å². The number of carbonyl (C=O) groups is 2. The molecule has 7 heteroatoms. The maximum Gasteiger partial charge on any atom is 0.261 e. The standard InChI is InChI=1S/C28H36N2O5/c1-28(2)14-23(32)26-22(31)12-20(13-24(26)35-28)34-16-25(33)30-9-5-6-17-10-18-11-19(27(17)30)15-29-8-4-3-7-21(18)29/h10,12-13,18-19,21,27,31H,3-9,11,14-16H2,1-2H3/t18-,19+,21+,27-/m0/s1. The van der Waals surface area contributed by atoms with Crippen LogP contribution in [0.15, 0.2) is 23.8 Å². The van der Waals surface area contributed by atoms with Gasteiger partial charge in [0.25, 0.3) is 5.91 Å². The van der Waals surface area contributed by atoms with Crippen LogP contribution in [0.5, 0.6) is 17.2 Å². The molecular weight excluding hydrogens is 444 g/mol. The molecule has 0 aromatic heterocycles. The summed E-state index contributed by atoms with van der Waals surface area (Å²) < 4.78 is 11.8. The van der Waals surface area contributed by atoms with Crippen LogP contribution < -0.4 is 9.47 Å². The van der Waals surface area contributed by atoms with Gasteiger partial charge in [-0.15, -0.1) is 0 Å². The lowest BCUT2D eigenvalue weighted by Crippen LogP contribution is -2.60. The molecule has 1 aromatic carbocycles. The molecule has 1 aliphatic carbocycles. The largest absolute Gasteiger partial charge is 0.507 e. The van der Waals surface area contributed by atoms with Crippen molar-refractivity contribution in [2.75, 3.05) is 26.2 Å². The second kappa shape index (κ2) is 8.54. The summed E-state index contributed by atoms with van der Waals surface area (Å²) >= 11 is 0. The monoisotopic (exact) mass is 480 g/mol. The van der Waals surface area contributed by atoms with Crippen LogP contribution >= 0.6 is 0 Å². The van der Waals surface area contributed by atoms with Gasteiger partial charge in [0.1, 0.15) is 28.4 Å². The maximum absolute atomic E-state index is 13.4. The van der Waals surface area contributed by atoms with Gasteiger partial charge in [-0.25, -0.2) is 0 Å². The SMILES string of the molecule is CC1(C)CC(=O)c2c(O)cc(OCC(=O)N3CCCC4=C[C@H]5C[C@H](CN6CCCC[C@H]56)[C@H]43)cc2O1. The van der Waals surface area contributed by atoms with Gasteiger partial charge in [-0.3, -0.25) is 14.5 Å². The Kier molecular flexibility index (Phi) is 5.59. The summed E-state index contributed by atoms with van der Waals surface area (Å²) in [6.45, 7) is 6.63. The highest BCUT2D eigenvalue weighted by atomic mass is 16.5. The van der Waals surface area contributed by atoms with Gasteiger partial charge >= 0.3 is 0 Å². The van der Waals surface area contributed by atoms with E-state index < -0.39 is 5.60 Å². The third-order valence-electron chi connectivity index (χ3n) is 8.65. The third-order valence-corrected chi connectivity index (χ3v) is 8.65. The molecule has 0 spiro atoms. The summed E-state index contributed by atoms with van der Waals surface area (Å²) in [4.78, 5) is 30.6.